The number of esters is 1. The van der Waals surface area contributed by atoms with E-state index in [-0.39, 0.29) is 39.7 Å². The first-order valence-corrected chi connectivity index (χ1v) is 11.2. The molecule has 10 nitrogen and oxygen atoms in total. The second kappa shape index (κ2) is 9.87. The zero-order valence-electron chi connectivity index (χ0n) is 17.0. The molecule has 0 aliphatic heterocycles. The molecule has 30 heavy (non-hydrogen) atoms. The second-order valence-electron chi connectivity index (χ2n) is 6.27. The molecule has 0 radical (unpaired) electrons. The number of rotatable bonds is 8. The van der Waals surface area contributed by atoms with Crippen LogP contribution in [-0.2, 0) is 19.6 Å². The van der Waals surface area contributed by atoms with Gasteiger partial charge in [0.15, 0.2) is 5.16 Å². The van der Waals surface area contributed by atoms with Crippen LogP contribution >= 0.6 is 11.8 Å². The van der Waals surface area contributed by atoms with Gasteiger partial charge in [0.25, 0.3) is 0 Å². The predicted octanol–water partition coefficient (Wildman–Crippen LogP) is 1.53. The standard InChI is InChI=1S/C18H23N5O5S2/c1-5-28-17(25)13-9-20-18(22-16(13)19)29-10-15(24)21-14-8-12(7-6-11(14)2)30(26,27)23(3)4/h6-9H,5,10H2,1-4H3,(H,21,24)(H2,19,20,22). The van der Waals surface area contributed by atoms with Crippen molar-refractivity contribution in [2.45, 2.75) is 23.9 Å². The zero-order valence-corrected chi connectivity index (χ0v) is 18.6. The van der Waals surface area contributed by atoms with Gasteiger partial charge < -0.3 is 15.8 Å². The Balaban J connectivity index is 2.07. The molecule has 0 aliphatic carbocycles. The maximum Gasteiger partial charge on any atom is 0.343 e. The number of aromatic nitrogens is 2. The van der Waals surface area contributed by atoms with Gasteiger partial charge in [0.1, 0.15) is 11.4 Å². The third-order valence-corrected chi connectivity index (χ3v) is 6.56. The monoisotopic (exact) mass is 453 g/mol. The lowest BCUT2D eigenvalue weighted by molar-refractivity contribution is -0.113. The molecule has 0 spiro atoms. The predicted molar refractivity (Wildman–Crippen MR) is 114 cm³/mol. The summed E-state index contributed by atoms with van der Waals surface area (Å²) in [5.74, 6) is -1.07. The van der Waals surface area contributed by atoms with Crippen LogP contribution in [0.15, 0.2) is 34.4 Å². The number of sulfonamides is 1. The van der Waals surface area contributed by atoms with Crippen LogP contribution in [0.4, 0.5) is 11.5 Å². The molecule has 0 saturated carbocycles. The van der Waals surface area contributed by atoms with Gasteiger partial charge in [0.2, 0.25) is 15.9 Å². The largest absolute Gasteiger partial charge is 0.462 e. The number of anilines is 2. The number of nitrogens with zero attached hydrogens (tertiary/aromatic N) is 3. The summed E-state index contributed by atoms with van der Waals surface area (Å²) in [5, 5.41) is 2.91. The maximum absolute atomic E-state index is 12.3. The van der Waals surface area contributed by atoms with Gasteiger partial charge in [-0.2, -0.15) is 0 Å². The molecule has 1 amide bonds. The Hall–Kier alpha value is -2.70. The number of nitrogens with one attached hydrogen (secondary N) is 1. The zero-order chi connectivity index (χ0) is 22.5. The van der Waals surface area contributed by atoms with E-state index >= 15 is 0 Å². The molecule has 12 heteroatoms. The smallest absolute Gasteiger partial charge is 0.343 e. The van der Waals surface area contributed by atoms with Gasteiger partial charge in [-0.3, -0.25) is 4.79 Å². The van der Waals surface area contributed by atoms with Crippen LogP contribution in [0.1, 0.15) is 22.8 Å². The van der Waals surface area contributed by atoms with Crippen molar-refractivity contribution in [2.24, 2.45) is 0 Å². The van der Waals surface area contributed by atoms with Crippen LogP contribution in [0.2, 0.25) is 0 Å². The number of aryl methyl sites for hydroxylation is 1. The summed E-state index contributed by atoms with van der Waals surface area (Å²) in [7, 11) is -0.755. The van der Waals surface area contributed by atoms with Gasteiger partial charge in [0, 0.05) is 26.0 Å². The third-order valence-electron chi connectivity index (χ3n) is 3.89. The molecule has 0 fully saturated rings. The topological polar surface area (TPSA) is 145 Å². The number of carbonyl (C=O) groups is 2. The van der Waals surface area contributed by atoms with E-state index in [1.807, 2.05) is 0 Å². The van der Waals surface area contributed by atoms with Crippen LogP contribution in [-0.4, -0.2) is 61.0 Å². The summed E-state index contributed by atoms with van der Waals surface area (Å²) in [4.78, 5) is 32.1. The Morgan fingerprint density at radius 3 is 2.60 bits per heavy atom. The van der Waals surface area contributed by atoms with E-state index in [1.165, 1.54) is 32.4 Å². The number of hydrogen-bond donors (Lipinski definition) is 2. The normalized spacial score (nSPS) is 11.4. The number of benzene rings is 1. The van der Waals surface area contributed by atoms with Crippen molar-refractivity contribution in [3.8, 4) is 0 Å². The number of amides is 1. The summed E-state index contributed by atoms with van der Waals surface area (Å²) < 4.78 is 30.5. The van der Waals surface area contributed by atoms with Crippen molar-refractivity contribution in [1.82, 2.24) is 14.3 Å². The second-order valence-corrected chi connectivity index (χ2v) is 9.37. The molecule has 0 aliphatic rings. The van der Waals surface area contributed by atoms with Crippen LogP contribution in [0.5, 0.6) is 0 Å². The van der Waals surface area contributed by atoms with Crippen molar-refractivity contribution in [3.05, 3.63) is 35.5 Å². The van der Waals surface area contributed by atoms with Crippen LogP contribution in [0, 0.1) is 6.92 Å². The average molecular weight is 454 g/mol. The minimum Gasteiger partial charge on any atom is -0.462 e. The van der Waals surface area contributed by atoms with E-state index < -0.39 is 16.0 Å². The third kappa shape index (κ3) is 5.68. The first-order valence-electron chi connectivity index (χ1n) is 8.81. The molecule has 0 unspecified atom stereocenters. The minimum absolute atomic E-state index is 0.0382. The fourth-order valence-corrected chi connectivity index (χ4v) is 3.79. The van der Waals surface area contributed by atoms with Crippen LogP contribution in [0.25, 0.3) is 0 Å². The van der Waals surface area contributed by atoms with Gasteiger partial charge in [-0.15, -0.1) is 0 Å². The first kappa shape index (κ1) is 23.6. The Morgan fingerprint density at radius 1 is 1.30 bits per heavy atom. The molecular weight excluding hydrogens is 430 g/mol. The summed E-state index contributed by atoms with van der Waals surface area (Å²) in [6.07, 6.45) is 1.25. The van der Waals surface area contributed by atoms with Crippen molar-refractivity contribution in [3.63, 3.8) is 0 Å². The summed E-state index contributed by atoms with van der Waals surface area (Å²) in [6.45, 7) is 3.63. The molecule has 162 valence electrons. The van der Waals surface area contributed by atoms with Crippen LogP contribution in [0.3, 0.4) is 0 Å². The lowest BCUT2D eigenvalue weighted by Gasteiger charge is -2.14. The Labute approximate surface area is 179 Å². The number of ether oxygens (including phenoxy) is 1. The highest BCUT2D eigenvalue weighted by Crippen LogP contribution is 2.23. The Kier molecular flexibility index (Phi) is 7.76. The van der Waals surface area contributed by atoms with Gasteiger partial charge >= 0.3 is 5.97 Å². The number of nitrogen functional groups attached to an aromatic ring is 1. The van der Waals surface area contributed by atoms with E-state index in [4.69, 9.17) is 10.5 Å². The van der Waals surface area contributed by atoms with Crippen molar-refractivity contribution in [1.29, 1.82) is 0 Å². The molecule has 2 rings (SSSR count). The van der Waals surface area contributed by atoms with Crippen molar-refractivity contribution < 1.29 is 22.7 Å². The highest BCUT2D eigenvalue weighted by Gasteiger charge is 2.19. The van der Waals surface area contributed by atoms with Gasteiger partial charge in [0.05, 0.1) is 17.3 Å². The number of thioether (sulfide) groups is 1. The minimum atomic E-state index is -3.62. The van der Waals surface area contributed by atoms with Gasteiger partial charge in [-0.1, -0.05) is 17.8 Å². The fraction of sp³-hybridized carbons (Fsp3) is 0.333. The van der Waals surface area contributed by atoms with Crippen LogP contribution < -0.4 is 11.1 Å². The highest BCUT2D eigenvalue weighted by molar-refractivity contribution is 7.99. The average Bonchev–Trinajstić information content (AvgIpc) is 2.68. The van der Waals surface area contributed by atoms with E-state index in [1.54, 1.807) is 19.9 Å². The number of carbonyl (C=O) groups excluding carboxylic acids is 2. The van der Waals surface area contributed by atoms with Crippen molar-refractivity contribution >= 4 is 45.2 Å². The molecule has 0 saturated heterocycles. The molecule has 3 N–H and O–H groups in total. The molecule has 0 bridgehead atoms. The molecule has 1 aromatic heterocycles. The highest BCUT2D eigenvalue weighted by atomic mass is 32.2. The van der Waals surface area contributed by atoms with E-state index in [9.17, 15) is 18.0 Å². The van der Waals surface area contributed by atoms with E-state index in [0.717, 1.165) is 16.1 Å². The van der Waals surface area contributed by atoms with Crippen molar-refractivity contribution in [2.75, 3.05) is 37.5 Å². The SMILES string of the molecule is CCOC(=O)c1cnc(SCC(=O)Nc2cc(S(=O)(=O)N(C)C)ccc2C)nc1N. The summed E-state index contributed by atoms with van der Waals surface area (Å²) in [6, 6.07) is 4.52. The number of nitrogens with two attached hydrogens (primary N) is 1. The van der Waals surface area contributed by atoms with Gasteiger partial charge in [-0.25, -0.2) is 27.5 Å². The maximum atomic E-state index is 12.3. The Morgan fingerprint density at radius 2 is 2.00 bits per heavy atom. The lowest BCUT2D eigenvalue weighted by Crippen LogP contribution is -2.22. The quantitative estimate of drug-likeness (QED) is 0.345. The fourth-order valence-electron chi connectivity index (χ4n) is 2.24. The molecule has 2 aromatic rings. The Bertz CT molecular complexity index is 1060. The first-order chi connectivity index (χ1) is 14.1. The van der Waals surface area contributed by atoms with Gasteiger partial charge in [-0.05, 0) is 31.5 Å². The molecular formula is C18H23N5O5S2. The summed E-state index contributed by atoms with van der Waals surface area (Å²) >= 11 is 1.02. The summed E-state index contributed by atoms with van der Waals surface area (Å²) in [5.41, 5.74) is 6.92. The van der Waals surface area contributed by atoms with E-state index in [0.29, 0.717) is 11.3 Å². The number of hydrogen-bond acceptors (Lipinski definition) is 9. The molecule has 0 atom stereocenters. The molecule has 1 aromatic carbocycles. The lowest BCUT2D eigenvalue weighted by atomic mass is 10.2. The van der Waals surface area contributed by atoms with E-state index in [2.05, 4.69) is 15.3 Å². The molecule has 1 heterocycles.